The number of hydrogen-bond acceptors (Lipinski definition) is 8. The van der Waals surface area contributed by atoms with Gasteiger partial charge in [0.05, 0.1) is 18.5 Å². The third-order valence-electron chi connectivity index (χ3n) is 6.64. The number of anilines is 5. The smallest absolute Gasteiger partial charge is 0.229 e. The van der Waals surface area contributed by atoms with Crippen molar-refractivity contribution < 1.29 is 4.74 Å². The van der Waals surface area contributed by atoms with Gasteiger partial charge in [0.1, 0.15) is 5.82 Å². The van der Waals surface area contributed by atoms with Crippen LogP contribution in [0.4, 0.5) is 28.8 Å². The third-order valence-corrected chi connectivity index (χ3v) is 6.64. The second-order valence-electron chi connectivity index (χ2n) is 9.35. The predicted molar refractivity (Wildman–Crippen MR) is 131 cm³/mol. The summed E-state index contributed by atoms with van der Waals surface area (Å²) < 4.78 is 7.35. The molecule has 0 amide bonds. The monoisotopic (exact) mass is 448 g/mol. The lowest BCUT2D eigenvalue weighted by molar-refractivity contribution is 0.145. The molecule has 1 aromatic carbocycles. The topological polar surface area (TPSA) is 74.6 Å². The van der Waals surface area contributed by atoms with Crippen LogP contribution in [0.25, 0.3) is 0 Å². The van der Waals surface area contributed by atoms with E-state index in [0.717, 1.165) is 55.5 Å². The number of likely N-dealkylation sites (N-methyl/N-ethyl adjacent to an activating group) is 1. The zero-order chi connectivity index (χ0) is 23.0. The van der Waals surface area contributed by atoms with E-state index in [1.165, 1.54) is 5.69 Å². The highest BCUT2D eigenvalue weighted by Gasteiger charge is 2.41. The summed E-state index contributed by atoms with van der Waals surface area (Å²) in [4.78, 5) is 16.5. The van der Waals surface area contributed by atoms with Gasteiger partial charge in [0, 0.05) is 81.6 Å². The highest BCUT2D eigenvalue weighted by atomic mass is 16.5. The molecule has 0 radical (unpaired) electrons. The number of nitrogens with one attached hydrogen (secondary N) is 1. The molecule has 3 aromatic rings. The molecule has 0 unspecified atom stereocenters. The number of fused-ring (bicyclic) bond motifs is 1. The summed E-state index contributed by atoms with van der Waals surface area (Å²) in [7, 11) is 5.84. The average Bonchev–Trinajstić information content (AvgIpc) is 3.36. The highest BCUT2D eigenvalue weighted by molar-refractivity contribution is 5.70. The summed E-state index contributed by atoms with van der Waals surface area (Å²) in [6, 6.07) is 8.52. The van der Waals surface area contributed by atoms with Crippen molar-refractivity contribution in [1.29, 1.82) is 0 Å². The zero-order valence-electron chi connectivity index (χ0n) is 19.8. The van der Waals surface area contributed by atoms with Crippen LogP contribution in [0.2, 0.25) is 0 Å². The average molecular weight is 449 g/mol. The van der Waals surface area contributed by atoms with Gasteiger partial charge in [-0.3, -0.25) is 4.68 Å². The molecule has 0 saturated carbocycles. The van der Waals surface area contributed by atoms with Crippen LogP contribution < -0.4 is 15.1 Å². The Morgan fingerprint density at radius 2 is 1.79 bits per heavy atom. The van der Waals surface area contributed by atoms with Gasteiger partial charge >= 0.3 is 0 Å². The fourth-order valence-electron chi connectivity index (χ4n) is 4.73. The SMILES string of the molecule is COC[C@]1(C)CN(c2cnn(C)c2)c2nc(Nc3ccc(N4CCN(C)CC4)cc3)ncc21. The lowest BCUT2D eigenvalue weighted by atomic mass is 9.87. The Hall–Kier alpha value is -3.17. The second kappa shape index (κ2) is 8.64. The standard InChI is InChI=1S/C24H32N8O/c1-24(17-33-4)16-32(20-13-26-30(3)15-20)22-21(24)14-25-23(28-22)27-18-5-7-19(8-6-18)31-11-9-29(2)10-12-31/h5-8,13-15H,9-12,16-17H2,1-4H3,(H,25,27,28)/t24-/m0/s1. The van der Waals surface area contributed by atoms with Gasteiger partial charge < -0.3 is 24.8 Å². The maximum atomic E-state index is 5.54. The largest absolute Gasteiger partial charge is 0.384 e. The molecule has 1 atom stereocenters. The van der Waals surface area contributed by atoms with Gasteiger partial charge in [-0.15, -0.1) is 0 Å². The molecule has 1 fully saturated rings. The summed E-state index contributed by atoms with van der Waals surface area (Å²) in [5, 5.41) is 7.73. The number of piperazine rings is 1. The van der Waals surface area contributed by atoms with Crippen molar-refractivity contribution in [2.75, 3.05) is 68.6 Å². The maximum Gasteiger partial charge on any atom is 0.229 e. The van der Waals surface area contributed by atoms with Gasteiger partial charge in [0.25, 0.3) is 0 Å². The van der Waals surface area contributed by atoms with E-state index in [9.17, 15) is 0 Å². The van der Waals surface area contributed by atoms with Gasteiger partial charge in [0.2, 0.25) is 5.95 Å². The normalized spacial score (nSPS) is 20.8. The number of hydrogen-bond donors (Lipinski definition) is 1. The summed E-state index contributed by atoms with van der Waals surface area (Å²) in [6.45, 7) is 7.86. The molecular weight excluding hydrogens is 416 g/mol. The van der Waals surface area contributed by atoms with E-state index in [4.69, 9.17) is 9.72 Å². The van der Waals surface area contributed by atoms with E-state index in [0.29, 0.717) is 12.6 Å². The molecule has 0 aliphatic carbocycles. The minimum atomic E-state index is -0.192. The molecule has 33 heavy (non-hydrogen) atoms. The first kappa shape index (κ1) is 21.7. The molecule has 174 valence electrons. The van der Waals surface area contributed by atoms with Gasteiger partial charge in [-0.05, 0) is 31.3 Å². The lowest BCUT2D eigenvalue weighted by Gasteiger charge is -2.34. The van der Waals surface area contributed by atoms with Crippen LogP contribution in [0.15, 0.2) is 42.9 Å². The first-order valence-electron chi connectivity index (χ1n) is 11.4. The maximum absolute atomic E-state index is 5.54. The minimum absolute atomic E-state index is 0.192. The molecule has 2 aliphatic rings. The molecule has 0 bridgehead atoms. The van der Waals surface area contributed by atoms with Crippen molar-refractivity contribution in [3.05, 3.63) is 48.4 Å². The van der Waals surface area contributed by atoms with Crippen LogP contribution >= 0.6 is 0 Å². The number of methoxy groups -OCH3 is 1. The second-order valence-corrected chi connectivity index (χ2v) is 9.35. The van der Waals surface area contributed by atoms with Crippen LogP contribution in [-0.4, -0.2) is 78.1 Å². The molecule has 9 nitrogen and oxygen atoms in total. The van der Waals surface area contributed by atoms with E-state index in [-0.39, 0.29) is 5.41 Å². The molecule has 5 rings (SSSR count). The number of aromatic nitrogens is 4. The lowest BCUT2D eigenvalue weighted by Crippen LogP contribution is -2.44. The van der Waals surface area contributed by atoms with Crippen molar-refractivity contribution in [3.8, 4) is 0 Å². The Morgan fingerprint density at radius 3 is 2.45 bits per heavy atom. The summed E-state index contributed by atoms with van der Waals surface area (Å²) in [5.74, 6) is 1.48. The molecule has 1 N–H and O–H groups in total. The van der Waals surface area contributed by atoms with Gasteiger partial charge in [0.15, 0.2) is 0 Å². The first-order valence-corrected chi connectivity index (χ1v) is 11.4. The van der Waals surface area contributed by atoms with Crippen LogP contribution in [-0.2, 0) is 17.2 Å². The molecule has 9 heteroatoms. The molecular formula is C24H32N8O. The van der Waals surface area contributed by atoms with Crippen molar-refractivity contribution >= 4 is 28.8 Å². The Kier molecular flexibility index (Phi) is 5.67. The number of ether oxygens (including phenoxy) is 1. The Balaban J connectivity index is 1.38. The quantitative estimate of drug-likeness (QED) is 0.617. The Morgan fingerprint density at radius 1 is 1.03 bits per heavy atom. The van der Waals surface area contributed by atoms with E-state index in [1.54, 1.807) is 7.11 Å². The minimum Gasteiger partial charge on any atom is -0.384 e. The number of rotatable bonds is 6. The van der Waals surface area contributed by atoms with Crippen LogP contribution in [0.3, 0.4) is 0 Å². The fraction of sp³-hybridized carbons (Fsp3) is 0.458. The summed E-state index contributed by atoms with van der Waals surface area (Å²) >= 11 is 0. The van der Waals surface area contributed by atoms with Gasteiger partial charge in [-0.25, -0.2) is 4.98 Å². The van der Waals surface area contributed by atoms with Crippen LogP contribution in [0.1, 0.15) is 12.5 Å². The van der Waals surface area contributed by atoms with Crippen molar-refractivity contribution in [2.24, 2.45) is 7.05 Å². The molecule has 2 aromatic heterocycles. The first-order chi connectivity index (χ1) is 15.9. The fourth-order valence-corrected chi connectivity index (χ4v) is 4.73. The molecule has 4 heterocycles. The van der Waals surface area contributed by atoms with E-state index in [1.807, 2.05) is 30.3 Å². The van der Waals surface area contributed by atoms with Gasteiger partial charge in [-0.1, -0.05) is 6.92 Å². The number of benzene rings is 1. The predicted octanol–water partition coefficient (Wildman–Crippen LogP) is 2.76. The molecule has 1 saturated heterocycles. The zero-order valence-corrected chi connectivity index (χ0v) is 19.8. The molecule has 0 spiro atoms. The van der Waals surface area contributed by atoms with Crippen molar-refractivity contribution in [2.45, 2.75) is 12.3 Å². The number of nitrogens with zero attached hydrogens (tertiary/aromatic N) is 7. The molecule has 2 aliphatic heterocycles. The van der Waals surface area contributed by atoms with E-state index >= 15 is 0 Å². The van der Waals surface area contributed by atoms with Crippen molar-refractivity contribution in [1.82, 2.24) is 24.6 Å². The van der Waals surface area contributed by atoms with Crippen LogP contribution in [0.5, 0.6) is 0 Å². The van der Waals surface area contributed by atoms with Crippen LogP contribution in [0, 0.1) is 0 Å². The van der Waals surface area contributed by atoms with Gasteiger partial charge in [-0.2, -0.15) is 10.1 Å². The van der Waals surface area contributed by atoms with Crippen molar-refractivity contribution in [3.63, 3.8) is 0 Å². The third kappa shape index (κ3) is 4.26. The summed E-state index contributed by atoms with van der Waals surface area (Å²) in [6.07, 6.45) is 5.81. The highest BCUT2D eigenvalue weighted by Crippen LogP contribution is 2.43. The summed E-state index contributed by atoms with van der Waals surface area (Å²) in [5.41, 5.74) is 4.13. The van der Waals surface area contributed by atoms with E-state index in [2.05, 4.69) is 68.3 Å². The Bertz CT molecular complexity index is 1110. The number of aryl methyl sites for hydroxylation is 1. The Labute approximate surface area is 195 Å². The van der Waals surface area contributed by atoms with E-state index < -0.39 is 0 Å².